The molecule has 0 fully saturated rings. The van der Waals surface area contributed by atoms with Crippen LogP contribution in [0.25, 0.3) is 11.0 Å². The molecule has 2 heterocycles. The van der Waals surface area contributed by atoms with E-state index in [2.05, 4.69) is 21.8 Å². The van der Waals surface area contributed by atoms with Gasteiger partial charge in [-0.1, -0.05) is 5.92 Å². The van der Waals surface area contributed by atoms with Gasteiger partial charge in [0.1, 0.15) is 29.1 Å². The molecule has 6 heteroatoms. The summed E-state index contributed by atoms with van der Waals surface area (Å²) in [5, 5.41) is 0.717. The summed E-state index contributed by atoms with van der Waals surface area (Å²) >= 11 is 0. The van der Waals surface area contributed by atoms with Crippen LogP contribution in [-0.2, 0) is 11.8 Å². The highest BCUT2D eigenvalue weighted by Crippen LogP contribution is 2.19. The molecule has 3 aromatic rings. The van der Waals surface area contributed by atoms with Crippen LogP contribution in [0.1, 0.15) is 28.7 Å². The molecule has 6 nitrogen and oxygen atoms in total. The lowest BCUT2D eigenvalue weighted by molar-refractivity contribution is 0.0516. The topological polar surface area (TPSA) is 66.2 Å². The predicted molar refractivity (Wildman–Crippen MR) is 93.4 cm³/mol. The smallest absolute Gasteiger partial charge is 0.355 e. The van der Waals surface area contributed by atoms with Crippen LogP contribution >= 0.6 is 0 Å². The van der Waals surface area contributed by atoms with E-state index in [1.165, 1.54) is 6.33 Å². The van der Waals surface area contributed by atoms with Crippen LogP contribution in [0.5, 0.6) is 5.75 Å². The van der Waals surface area contributed by atoms with E-state index in [9.17, 15) is 4.79 Å². The Morgan fingerprint density at radius 3 is 2.64 bits per heavy atom. The number of carbonyl (C=O) groups excluding carboxylic acids is 1. The fourth-order valence-corrected chi connectivity index (χ4v) is 2.44. The van der Waals surface area contributed by atoms with Gasteiger partial charge in [-0.25, -0.2) is 14.8 Å². The molecule has 0 aliphatic rings. The Hall–Kier alpha value is -3.33. The van der Waals surface area contributed by atoms with Crippen LogP contribution in [0.2, 0.25) is 0 Å². The summed E-state index contributed by atoms with van der Waals surface area (Å²) in [6, 6.07) is 9.16. The third-order valence-electron chi connectivity index (χ3n) is 3.72. The first-order chi connectivity index (χ1) is 12.1. The Balaban J connectivity index is 2.01. The monoisotopic (exact) mass is 335 g/mol. The van der Waals surface area contributed by atoms with Crippen molar-refractivity contribution >= 4 is 17.0 Å². The molecule has 0 saturated heterocycles. The molecule has 126 valence electrons. The molecule has 0 amide bonds. The van der Waals surface area contributed by atoms with Gasteiger partial charge >= 0.3 is 5.97 Å². The molecule has 0 bridgehead atoms. The lowest BCUT2D eigenvalue weighted by Crippen LogP contribution is -2.09. The van der Waals surface area contributed by atoms with Crippen molar-refractivity contribution in [3.63, 3.8) is 0 Å². The number of methoxy groups -OCH3 is 1. The van der Waals surface area contributed by atoms with Gasteiger partial charge < -0.3 is 14.0 Å². The van der Waals surface area contributed by atoms with Gasteiger partial charge in [0.2, 0.25) is 0 Å². The highest BCUT2D eigenvalue weighted by molar-refractivity contribution is 5.95. The fraction of sp³-hybridized carbons (Fsp3) is 0.211. The number of aromatic nitrogens is 3. The number of benzene rings is 1. The zero-order valence-electron chi connectivity index (χ0n) is 14.2. The second-order valence-corrected chi connectivity index (χ2v) is 5.25. The Morgan fingerprint density at radius 1 is 1.20 bits per heavy atom. The maximum atomic E-state index is 12.0. The predicted octanol–water partition coefficient (Wildman–Crippen LogP) is 2.55. The number of hydrogen-bond acceptors (Lipinski definition) is 5. The van der Waals surface area contributed by atoms with E-state index >= 15 is 0 Å². The van der Waals surface area contributed by atoms with Crippen molar-refractivity contribution in [1.29, 1.82) is 0 Å². The summed E-state index contributed by atoms with van der Waals surface area (Å²) in [5.41, 5.74) is 2.46. The molecule has 0 N–H and O–H groups in total. The van der Waals surface area contributed by atoms with Crippen molar-refractivity contribution in [2.24, 2.45) is 7.05 Å². The first-order valence-electron chi connectivity index (χ1n) is 7.77. The molecule has 2 aromatic heterocycles. The number of fused-ring (bicyclic) bond motifs is 1. The zero-order chi connectivity index (χ0) is 17.8. The number of ether oxygens (including phenoxy) is 2. The van der Waals surface area contributed by atoms with Crippen LogP contribution < -0.4 is 4.74 Å². The fourth-order valence-electron chi connectivity index (χ4n) is 2.44. The third kappa shape index (κ3) is 3.31. The minimum Gasteiger partial charge on any atom is -0.497 e. The molecule has 0 saturated carbocycles. The van der Waals surface area contributed by atoms with Crippen molar-refractivity contribution in [3.8, 4) is 17.6 Å². The first-order valence-corrected chi connectivity index (χ1v) is 7.77. The summed E-state index contributed by atoms with van der Waals surface area (Å²) in [4.78, 5) is 20.5. The summed E-state index contributed by atoms with van der Waals surface area (Å²) in [6.45, 7) is 2.09. The minimum absolute atomic E-state index is 0.316. The highest BCUT2D eigenvalue weighted by atomic mass is 16.5. The molecule has 0 spiro atoms. The van der Waals surface area contributed by atoms with Gasteiger partial charge in [-0.05, 0) is 43.2 Å². The molecule has 0 aliphatic carbocycles. The van der Waals surface area contributed by atoms with Crippen LogP contribution in [0.3, 0.4) is 0 Å². The number of aryl methyl sites for hydroxylation is 1. The number of hydrogen-bond donors (Lipinski definition) is 0. The summed E-state index contributed by atoms with van der Waals surface area (Å²) in [6.07, 6.45) is 1.44. The number of esters is 1. The Morgan fingerprint density at radius 2 is 1.96 bits per heavy atom. The van der Waals surface area contributed by atoms with Crippen LogP contribution in [0.4, 0.5) is 0 Å². The van der Waals surface area contributed by atoms with Gasteiger partial charge in [-0.15, -0.1) is 0 Å². The number of rotatable bonds is 3. The largest absolute Gasteiger partial charge is 0.497 e. The lowest BCUT2D eigenvalue weighted by Gasteiger charge is -2.02. The van der Waals surface area contributed by atoms with E-state index in [0.717, 1.165) is 11.3 Å². The Kier molecular flexibility index (Phi) is 4.66. The van der Waals surface area contributed by atoms with E-state index < -0.39 is 5.97 Å². The summed E-state index contributed by atoms with van der Waals surface area (Å²) in [7, 11) is 3.39. The molecular weight excluding hydrogens is 318 g/mol. The number of carbonyl (C=O) groups is 1. The zero-order valence-corrected chi connectivity index (χ0v) is 14.2. The highest BCUT2D eigenvalue weighted by Gasteiger charge is 2.17. The average Bonchev–Trinajstić information content (AvgIpc) is 2.98. The second-order valence-electron chi connectivity index (χ2n) is 5.25. The van der Waals surface area contributed by atoms with Gasteiger partial charge in [0, 0.05) is 12.6 Å². The molecule has 0 atom stereocenters. The normalized spacial score (nSPS) is 10.2. The molecule has 25 heavy (non-hydrogen) atoms. The maximum Gasteiger partial charge on any atom is 0.355 e. The van der Waals surface area contributed by atoms with Gasteiger partial charge in [0.05, 0.1) is 19.1 Å². The van der Waals surface area contributed by atoms with E-state index in [-0.39, 0.29) is 0 Å². The minimum atomic E-state index is -0.392. The molecular formula is C19H17N3O3. The van der Waals surface area contributed by atoms with Gasteiger partial charge in [0.15, 0.2) is 0 Å². The van der Waals surface area contributed by atoms with Crippen molar-refractivity contribution in [2.75, 3.05) is 13.7 Å². The van der Waals surface area contributed by atoms with Gasteiger partial charge in [-0.2, -0.15) is 0 Å². The standard InChI is InChI=1S/C19H17N3O3/c1-4-25-19(23)17-11-15-16(20-12-21-18(15)22(17)2)10-7-13-5-8-14(24-3)9-6-13/h5-6,8-9,11-12H,4H2,1-3H3. The average molecular weight is 335 g/mol. The van der Waals surface area contributed by atoms with Crippen molar-refractivity contribution < 1.29 is 14.3 Å². The maximum absolute atomic E-state index is 12.0. The van der Waals surface area contributed by atoms with Crippen LogP contribution in [0, 0.1) is 11.8 Å². The first kappa shape index (κ1) is 16.5. The molecule has 3 rings (SSSR count). The van der Waals surface area contributed by atoms with Gasteiger partial charge in [-0.3, -0.25) is 0 Å². The number of nitrogens with zero attached hydrogens (tertiary/aromatic N) is 3. The van der Waals surface area contributed by atoms with Crippen molar-refractivity contribution in [3.05, 3.63) is 53.6 Å². The van der Waals surface area contributed by atoms with Crippen LogP contribution in [0.15, 0.2) is 36.7 Å². The Labute approximate surface area is 145 Å². The van der Waals surface area contributed by atoms with E-state index in [4.69, 9.17) is 9.47 Å². The molecule has 0 radical (unpaired) electrons. The third-order valence-corrected chi connectivity index (χ3v) is 3.72. The lowest BCUT2D eigenvalue weighted by atomic mass is 10.2. The Bertz CT molecular complexity index is 979. The van der Waals surface area contributed by atoms with E-state index in [1.807, 2.05) is 24.3 Å². The van der Waals surface area contributed by atoms with Crippen LogP contribution in [-0.4, -0.2) is 34.2 Å². The molecule has 0 aliphatic heterocycles. The molecule has 1 aromatic carbocycles. The SMILES string of the molecule is CCOC(=O)c1cc2c(C#Cc3ccc(OC)cc3)ncnc2n1C. The van der Waals surface area contributed by atoms with E-state index in [0.29, 0.717) is 29.0 Å². The van der Waals surface area contributed by atoms with Gasteiger partial charge in [0.25, 0.3) is 0 Å². The quantitative estimate of drug-likeness (QED) is 0.544. The molecule has 0 unspecified atom stereocenters. The summed E-state index contributed by atoms with van der Waals surface area (Å²) in [5.74, 6) is 6.50. The van der Waals surface area contributed by atoms with Crippen molar-refractivity contribution in [1.82, 2.24) is 14.5 Å². The van der Waals surface area contributed by atoms with E-state index in [1.54, 1.807) is 31.7 Å². The van der Waals surface area contributed by atoms with Crippen molar-refractivity contribution in [2.45, 2.75) is 6.92 Å². The summed E-state index contributed by atoms with van der Waals surface area (Å²) < 4.78 is 11.9. The second kappa shape index (κ2) is 7.05.